The third-order valence-electron chi connectivity index (χ3n) is 3.62. The third-order valence-corrected chi connectivity index (χ3v) is 3.62. The van der Waals surface area contributed by atoms with Crippen LogP contribution < -0.4 is 11.1 Å². The molecule has 1 fully saturated rings. The fourth-order valence-electron chi connectivity index (χ4n) is 2.23. The number of benzene rings is 1. The molecule has 1 amide bonds. The molecule has 3 rings (SSSR count). The molecule has 1 aromatic heterocycles. The van der Waals surface area contributed by atoms with Crippen LogP contribution in [0, 0.1) is 0 Å². The van der Waals surface area contributed by atoms with Gasteiger partial charge >= 0.3 is 0 Å². The summed E-state index contributed by atoms with van der Waals surface area (Å²) in [6.07, 6.45) is 4.74. The predicted octanol–water partition coefficient (Wildman–Crippen LogP) is 2.56. The minimum absolute atomic E-state index is 0. The Hall–Kier alpha value is -1.91. The van der Waals surface area contributed by atoms with E-state index in [0.29, 0.717) is 18.2 Å². The standard InChI is InChI=1S/C17H19N3O.ClH/c18-9-7-12-1-3-13(4-2-12)16-11-14(8-10-19-16)17(21)20-15-5-6-15;/h1-4,8,10-11,15H,5-7,9,18H2,(H,20,21);1H. The fraction of sp³-hybridized carbons (Fsp3) is 0.294. The quantitative estimate of drug-likeness (QED) is 0.890. The summed E-state index contributed by atoms with van der Waals surface area (Å²) >= 11 is 0. The molecule has 1 aromatic carbocycles. The van der Waals surface area contributed by atoms with E-state index in [1.54, 1.807) is 12.3 Å². The van der Waals surface area contributed by atoms with Gasteiger partial charge in [-0.3, -0.25) is 9.78 Å². The first-order valence-electron chi connectivity index (χ1n) is 7.32. The fourth-order valence-corrected chi connectivity index (χ4v) is 2.23. The Morgan fingerprint density at radius 2 is 1.95 bits per heavy atom. The van der Waals surface area contributed by atoms with Gasteiger partial charge in [-0.25, -0.2) is 0 Å². The minimum atomic E-state index is -0.0131. The summed E-state index contributed by atoms with van der Waals surface area (Å²) in [7, 11) is 0. The number of carbonyl (C=O) groups excluding carboxylic acids is 1. The van der Waals surface area contributed by atoms with Gasteiger partial charge < -0.3 is 11.1 Å². The van der Waals surface area contributed by atoms with E-state index in [1.807, 2.05) is 18.2 Å². The zero-order valence-electron chi connectivity index (χ0n) is 12.3. The highest BCUT2D eigenvalue weighted by atomic mass is 35.5. The average Bonchev–Trinajstić information content (AvgIpc) is 3.32. The molecule has 0 atom stereocenters. The molecule has 1 heterocycles. The number of nitrogens with two attached hydrogens (primary N) is 1. The number of rotatable bonds is 5. The van der Waals surface area contributed by atoms with Crippen molar-refractivity contribution in [3.63, 3.8) is 0 Å². The highest BCUT2D eigenvalue weighted by Crippen LogP contribution is 2.21. The Labute approximate surface area is 136 Å². The summed E-state index contributed by atoms with van der Waals surface area (Å²) in [6.45, 7) is 0.647. The molecule has 0 radical (unpaired) electrons. The van der Waals surface area contributed by atoms with Crippen molar-refractivity contribution in [3.8, 4) is 11.3 Å². The van der Waals surface area contributed by atoms with E-state index >= 15 is 0 Å². The van der Waals surface area contributed by atoms with Crippen molar-refractivity contribution in [1.82, 2.24) is 10.3 Å². The number of amides is 1. The van der Waals surface area contributed by atoms with Gasteiger partial charge in [0.25, 0.3) is 5.91 Å². The topological polar surface area (TPSA) is 68.0 Å². The van der Waals surface area contributed by atoms with Gasteiger partial charge in [0.05, 0.1) is 5.69 Å². The van der Waals surface area contributed by atoms with E-state index in [9.17, 15) is 4.79 Å². The summed E-state index contributed by atoms with van der Waals surface area (Å²) < 4.78 is 0. The van der Waals surface area contributed by atoms with Crippen LogP contribution in [-0.2, 0) is 6.42 Å². The van der Waals surface area contributed by atoms with Crippen LogP contribution in [0.4, 0.5) is 0 Å². The summed E-state index contributed by atoms with van der Waals surface area (Å²) in [4.78, 5) is 16.4. The molecule has 1 aliphatic rings. The lowest BCUT2D eigenvalue weighted by molar-refractivity contribution is 0.0951. The van der Waals surface area contributed by atoms with Crippen molar-refractivity contribution in [2.45, 2.75) is 25.3 Å². The summed E-state index contributed by atoms with van der Waals surface area (Å²) in [6, 6.07) is 12.1. The molecule has 0 saturated heterocycles. The molecule has 2 aromatic rings. The summed E-state index contributed by atoms with van der Waals surface area (Å²) in [5.41, 5.74) is 9.26. The van der Waals surface area contributed by atoms with Crippen LogP contribution in [-0.4, -0.2) is 23.5 Å². The van der Waals surface area contributed by atoms with Crippen LogP contribution in [0.1, 0.15) is 28.8 Å². The normalized spacial score (nSPS) is 13.3. The molecule has 1 saturated carbocycles. The largest absolute Gasteiger partial charge is 0.349 e. The van der Waals surface area contributed by atoms with E-state index in [4.69, 9.17) is 5.73 Å². The van der Waals surface area contributed by atoms with E-state index < -0.39 is 0 Å². The summed E-state index contributed by atoms with van der Waals surface area (Å²) in [5, 5.41) is 2.99. The molecule has 116 valence electrons. The lowest BCUT2D eigenvalue weighted by Crippen LogP contribution is -2.25. The molecule has 0 bridgehead atoms. The SMILES string of the molecule is Cl.NCCc1ccc(-c2cc(C(=O)NC3CC3)ccn2)cc1. The van der Waals surface area contributed by atoms with Crippen molar-refractivity contribution >= 4 is 18.3 Å². The van der Waals surface area contributed by atoms with Gasteiger partial charge in [-0.2, -0.15) is 0 Å². The number of hydrogen-bond acceptors (Lipinski definition) is 3. The van der Waals surface area contributed by atoms with Crippen LogP contribution in [0.3, 0.4) is 0 Å². The van der Waals surface area contributed by atoms with Crippen LogP contribution in [0.15, 0.2) is 42.6 Å². The molecular formula is C17H20ClN3O. The smallest absolute Gasteiger partial charge is 0.251 e. The Kier molecular flexibility index (Phi) is 5.52. The van der Waals surface area contributed by atoms with Crippen LogP contribution >= 0.6 is 12.4 Å². The zero-order chi connectivity index (χ0) is 14.7. The second-order valence-electron chi connectivity index (χ2n) is 5.41. The summed E-state index contributed by atoms with van der Waals surface area (Å²) in [5.74, 6) is -0.0131. The second-order valence-corrected chi connectivity index (χ2v) is 5.41. The Balaban J connectivity index is 0.00000176. The first kappa shape index (κ1) is 16.5. The number of nitrogens with zero attached hydrogens (tertiary/aromatic N) is 1. The van der Waals surface area contributed by atoms with Gasteiger partial charge in [0.15, 0.2) is 0 Å². The number of pyridine rings is 1. The van der Waals surface area contributed by atoms with Crippen molar-refractivity contribution < 1.29 is 4.79 Å². The Morgan fingerprint density at radius 3 is 2.59 bits per heavy atom. The number of nitrogens with one attached hydrogen (secondary N) is 1. The number of halogens is 1. The predicted molar refractivity (Wildman–Crippen MR) is 90.2 cm³/mol. The molecule has 0 unspecified atom stereocenters. The van der Waals surface area contributed by atoms with Crippen molar-refractivity contribution in [3.05, 3.63) is 53.7 Å². The van der Waals surface area contributed by atoms with Crippen molar-refractivity contribution in [1.29, 1.82) is 0 Å². The first-order chi connectivity index (χ1) is 10.3. The Morgan fingerprint density at radius 1 is 1.23 bits per heavy atom. The van der Waals surface area contributed by atoms with Gasteiger partial charge in [-0.15, -0.1) is 12.4 Å². The maximum atomic E-state index is 12.1. The number of carbonyl (C=O) groups is 1. The first-order valence-corrected chi connectivity index (χ1v) is 7.32. The highest BCUT2D eigenvalue weighted by molar-refractivity contribution is 5.95. The molecule has 5 heteroatoms. The monoisotopic (exact) mass is 317 g/mol. The molecule has 4 nitrogen and oxygen atoms in total. The van der Waals surface area contributed by atoms with E-state index in [0.717, 1.165) is 30.5 Å². The lowest BCUT2D eigenvalue weighted by atomic mass is 10.1. The van der Waals surface area contributed by atoms with Crippen LogP contribution in [0.2, 0.25) is 0 Å². The van der Waals surface area contributed by atoms with E-state index in [1.165, 1.54) is 5.56 Å². The van der Waals surface area contributed by atoms with Crippen LogP contribution in [0.5, 0.6) is 0 Å². The molecule has 3 N–H and O–H groups in total. The van der Waals surface area contributed by atoms with Crippen molar-refractivity contribution in [2.75, 3.05) is 6.54 Å². The third kappa shape index (κ3) is 4.06. The van der Waals surface area contributed by atoms with Crippen molar-refractivity contribution in [2.24, 2.45) is 5.73 Å². The average molecular weight is 318 g/mol. The Bertz CT molecular complexity index is 639. The molecule has 0 spiro atoms. The molecular weight excluding hydrogens is 298 g/mol. The zero-order valence-corrected chi connectivity index (χ0v) is 13.1. The number of hydrogen-bond donors (Lipinski definition) is 2. The molecule has 1 aliphatic carbocycles. The minimum Gasteiger partial charge on any atom is -0.349 e. The van der Waals surface area contributed by atoms with Gasteiger partial charge in [0, 0.05) is 23.4 Å². The highest BCUT2D eigenvalue weighted by Gasteiger charge is 2.23. The second kappa shape index (κ2) is 7.38. The maximum Gasteiger partial charge on any atom is 0.251 e. The van der Waals surface area contributed by atoms with Gasteiger partial charge in [-0.1, -0.05) is 24.3 Å². The van der Waals surface area contributed by atoms with Gasteiger partial charge in [-0.05, 0) is 43.5 Å². The lowest BCUT2D eigenvalue weighted by Gasteiger charge is -2.06. The van der Waals surface area contributed by atoms with Gasteiger partial charge in [0.2, 0.25) is 0 Å². The van der Waals surface area contributed by atoms with Gasteiger partial charge in [0.1, 0.15) is 0 Å². The molecule has 0 aliphatic heterocycles. The molecule has 22 heavy (non-hydrogen) atoms. The maximum absolute atomic E-state index is 12.1. The number of aromatic nitrogens is 1. The van der Waals surface area contributed by atoms with E-state index in [-0.39, 0.29) is 18.3 Å². The van der Waals surface area contributed by atoms with E-state index in [2.05, 4.69) is 22.4 Å². The van der Waals surface area contributed by atoms with Crippen LogP contribution in [0.25, 0.3) is 11.3 Å².